The topological polar surface area (TPSA) is 45.7 Å². The third kappa shape index (κ3) is 6.18. The van der Waals surface area contributed by atoms with Crippen LogP contribution in [-0.2, 0) is 11.3 Å². The lowest BCUT2D eigenvalue weighted by atomic mass is 9.97. The number of likely N-dealkylation sites (tertiary alicyclic amines) is 1. The van der Waals surface area contributed by atoms with Gasteiger partial charge in [0.2, 0.25) is 0 Å². The molecule has 0 unspecified atom stereocenters. The maximum absolute atomic E-state index is 12.2. The van der Waals surface area contributed by atoms with Gasteiger partial charge < -0.3 is 14.5 Å². The van der Waals surface area contributed by atoms with Gasteiger partial charge in [0, 0.05) is 38.6 Å². The third-order valence-electron chi connectivity index (χ3n) is 3.92. The van der Waals surface area contributed by atoms with Crippen LogP contribution < -0.4 is 0 Å². The normalized spacial score (nSPS) is 19.0. The zero-order valence-electron chi connectivity index (χ0n) is 14.8. The Morgan fingerprint density at radius 1 is 1.48 bits per heavy atom. The van der Waals surface area contributed by atoms with Gasteiger partial charge in [0.15, 0.2) is 0 Å². The molecule has 1 aromatic heterocycles. The maximum Gasteiger partial charge on any atom is 0.410 e. The van der Waals surface area contributed by atoms with Crippen molar-refractivity contribution < 1.29 is 9.53 Å². The van der Waals surface area contributed by atoms with Crippen LogP contribution in [0.25, 0.3) is 0 Å². The number of pyridine rings is 1. The molecule has 2 heterocycles. The summed E-state index contributed by atoms with van der Waals surface area (Å²) in [5.41, 5.74) is 0.788. The minimum absolute atomic E-state index is 0.183. The van der Waals surface area contributed by atoms with Gasteiger partial charge in [-0.05, 0) is 58.2 Å². The summed E-state index contributed by atoms with van der Waals surface area (Å²) >= 11 is 0. The standard InChI is InChI=1S/C18H29N3O2/c1-18(2,3)23-17(22)21-10-6-8-16(14-21)13-20(4)12-15-7-5-9-19-11-15/h5,7,9,11,16H,6,8,10,12-14H2,1-4H3/t16-/m0/s1. The third-order valence-corrected chi connectivity index (χ3v) is 3.92. The fraction of sp³-hybridized carbons (Fsp3) is 0.667. The molecule has 0 N–H and O–H groups in total. The van der Waals surface area contributed by atoms with Crippen molar-refractivity contribution in [1.82, 2.24) is 14.8 Å². The van der Waals surface area contributed by atoms with Gasteiger partial charge >= 0.3 is 6.09 Å². The predicted octanol–water partition coefficient (Wildman–Crippen LogP) is 3.16. The van der Waals surface area contributed by atoms with E-state index in [4.69, 9.17) is 4.74 Å². The highest BCUT2D eigenvalue weighted by atomic mass is 16.6. The number of carbonyl (C=O) groups is 1. The second kappa shape index (κ2) is 7.77. The largest absolute Gasteiger partial charge is 0.444 e. The number of piperidine rings is 1. The zero-order chi connectivity index (χ0) is 16.9. The highest BCUT2D eigenvalue weighted by Gasteiger charge is 2.28. The number of hydrogen-bond acceptors (Lipinski definition) is 4. The Morgan fingerprint density at radius 2 is 2.26 bits per heavy atom. The SMILES string of the molecule is CN(Cc1cccnc1)C[C@@H]1CCCN(C(=O)OC(C)(C)C)C1. The molecular formula is C18H29N3O2. The summed E-state index contributed by atoms with van der Waals surface area (Å²) in [4.78, 5) is 20.5. The minimum Gasteiger partial charge on any atom is -0.444 e. The number of rotatable bonds is 4. The van der Waals surface area contributed by atoms with E-state index in [1.165, 1.54) is 5.56 Å². The molecule has 5 heteroatoms. The maximum atomic E-state index is 12.2. The summed E-state index contributed by atoms with van der Waals surface area (Å²) in [6.07, 6.45) is 5.73. The van der Waals surface area contributed by atoms with E-state index in [0.717, 1.165) is 39.0 Å². The summed E-state index contributed by atoms with van der Waals surface area (Å²) in [7, 11) is 2.12. The van der Waals surface area contributed by atoms with Crippen LogP contribution in [0.2, 0.25) is 0 Å². The highest BCUT2D eigenvalue weighted by molar-refractivity contribution is 5.68. The lowest BCUT2D eigenvalue weighted by Crippen LogP contribution is -2.45. The lowest BCUT2D eigenvalue weighted by molar-refractivity contribution is 0.0148. The van der Waals surface area contributed by atoms with Crippen molar-refractivity contribution in [2.75, 3.05) is 26.7 Å². The van der Waals surface area contributed by atoms with Gasteiger partial charge in [-0.2, -0.15) is 0 Å². The van der Waals surface area contributed by atoms with Crippen molar-refractivity contribution >= 4 is 6.09 Å². The molecule has 2 rings (SSSR count). The Hall–Kier alpha value is -1.62. The molecule has 1 amide bonds. The number of amides is 1. The molecule has 0 aliphatic carbocycles. The van der Waals surface area contributed by atoms with Crippen molar-refractivity contribution in [2.45, 2.75) is 45.8 Å². The van der Waals surface area contributed by atoms with Crippen LogP contribution in [0.1, 0.15) is 39.2 Å². The van der Waals surface area contributed by atoms with Gasteiger partial charge in [-0.3, -0.25) is 4.98 Å². The van der Waals surface area contributed by atoms with E-state index in [0.29, 0.717) is 5.92 Å². The molecule has 0 aromatic carbocycles. The van der Waals surface area contributed by atoms with Crippen molar-refractivity contribution in [2.24, 2.45) is 5.92 Å². The highest BCUT2D eigenvalue weighted by Crippen LogP contribution is 2.20. The minimum atomic E-state index is -0.429. The average Bonchev–Trinajstić information content (AvgIpc) is 2.46. The van der Waals surface area contributed by atoms with E-state index in [2.05, 4.69) is 23.0 Å². The van der Waals surface area contributed by atoms with Crippen LogP contribution in [0.15, 0.2) is 24.5 Å². The Kier molecular flexibility index (Phi) is 5.99. The number of ether oxygens (including phenoxy) is 1. The van der Waals surface area contributed by atoms with Crippen molar-refractivity contribution in [1.29, 1.82) is 0 Å². The average molecular weight is 319 g/mol. The first-order valence-corrected chi connectivity index (χ1v) is 8.39. The fourth-order valence-corrected chi connectivity index (χ4v) is 3.02. The summed E-state index contributed by atoms with van der Waals surface area (Å²) in [6, 6.07) is 4.06. The van der Waals surface area contributed by atoms with Crippen molar-refractivity contribution in [3.8, 4) is 0 Å². The van der Waals surface area contributed by atoms with E-state index in [-0.39, 0.29) is 6.09 Å². The summed E-state index contributed by atoms with van der Waals surface area (Å²) in [6.45, 7) is 9.19. The molecule has 1 atom stereocenters. The number of aromatic nitrogens is 1. The predicted molar refractivity (Wildman–Crippen MR) is 91.1 cm³/mol. The van der Waals surface area contributed by atoms with Crippen LogP contribution in [-0.4, -0.2) is 53.2 Å². The molecule has 0 spiro atoms. The molecule has 0 bridgehead atoms. The molecule has 1 aliphatic rings. The summed E-state index contributed by atoms with van der Waals surface area (Å²) in [5.74, 6) is 0.498. The van der Waals surface area contributed by atoms with E-state index in [9.17, 15) is 4.79 Å². The fourth-order valence-electron chi connectivity index (χ4n) is 3.02. The van der Waals surface area contributed by atoms with Crippen molar-refractivity contribution in [3.63, 3.8) is 0 Å². The summed E-state index contributed by atoms with van der Waals surface area (Å²) < 4.78 is 5.49. The van der Waals surface area contributed by atoms with E-state index < -0.39 is 5.60 Å². The van der Waals surface area contributed by atoms with Crippen LogP contribution in [0.3, 0.4) is 0 Å². The Bertz CT molecular complexity index is 499. The quantitative estimate of drug-likeness (QED) is 0.855. The van der Waals surface area contributed by atoms with E-state index in [1.807, 2.05) is 37.9 Å². The molecule has 0 saturated carbocycles. The van der Waals surface area contributed by atoms with Gasteiger partial charge in [0.05, 0.1) is 0 Å². The smallest absolute Gasteiger partial charge is 0.410 e. The molecule has 5 nitrogen and oxygen atoms in total. The van der Waals surface area contributed by atoms with Gasteiger partial charge in [-0.1, -0.05) is 6.07 Å². The van der Waals surface area contributed by atoms with E-state index in [1.54, 1.807) is 6.20 Å². The Morgan fingerprint density at radius 3 is 2.91 bits per heavy atom. The van der Waals surface area contributed by atoms with Crippen LogP contribution in [0.4, 0.5) is 4.79 Å². The first-order chi connectivity index (χ1) is 10.8. The van der Waals surface area contributed by atoms with Gasteiger partial charge in [0.25, 0.3) is 0 Å². The van der Waals surface area contributed by atoms with Gasteiger partial charge in [-0.25, -0.2) is 4.79 Å². The zero-order valence-corrected chi connectivity index (χ0v) is 14.8. The number of carbonyl (C=O) groups excluding carboxylic acids is 1. The molecule has 128 valence electrons. The summed E-state index contributed by atoms with van der Waals surface area (Å²) in [5, 5.41) is 0. The van der Waals surface area contributed by atoms with E-state index >= 15 is 0 Å². The molecule has 23 heavy (non-hydrogen) atoms. The molecule has 1 aromatic rings. The second-order valence-corrected chi connectivity index (χ2v) is 7.49. The number of nitrogens with zero attached hydrogens (tertiary/aromatic N) is 3. The van der Waals surface area contributed by atoms with Crippen molar-refractivity contribution in [3.05, 3.63) is 30.1 Å². The molecule has 1 aliphatic heterocycles. The Labute approximate surface area is 139 Å². The first-order valence-electron chi connectivity index (χ1n) is 8.39. The van der Waals surface area contributed by atoms with Gasteiger partial charge in [0.1, 0.15) is 5.60 Å². The number of hydrogen-bond donors (Lipinski definition) is 0. The molecule has 1 saturated heterocycles. The Balaban J connectivity index is 1.82. The molecule has 1 fully saturated rings. The lowest BCUT2D eigenvalue weighted by Gasteiger charge is -2.35. The molecular weight excluding hydrogens is 290 g/mol. The van der Waals surface area contributed by atoms with Crippen LogP contribution >= 0.6 is 0 Å². The van der Waals surface area contributed by atoms with Gasteiger partial charge in [-0.15, -0.1) is 0 Å². The monoisotopic (exact) mass is 319 g/mol. The van der Waals surface area contributed by atoms with Crippen LogP contribution in [0, 0.1) is 5.92 Å². The molecule has 0 radical (unpaired) electrons. The first kappa shape index (κ1) is 17.7. The second-order valence-electron chi connectivity index (χ2n) is 7.49. The van der Waals surface area contributed by atoms with Crippen LogP contribution in [0.5, 0.6) is 0 Å².